The van der Waals surface area contributed by atoms with Crippen LogP contribution in [0.25, 0.3) is 0 Å². The second-order valence-corrected chi connectivity index (χ2v) is 4.18. The molecule has 1 N–H and O–H groups in total. The summed E-state index contributed by atoms with van der Waals surface area (Å²) in [6.45, 7) is 1.95. The van der Waals surface area contributed by atoms with E-state index in [1.807, 2.05) is 6.92 Å². The van der Waals surface area contributed by atoms with Gasteiger partial charge < -0.3 is 10.1 Å². The molecule has 6 heteroatoms. The number of ether oxygens (including phenoxy) is 1. The lowest BCUT2D eigenvalue weighted by Gasteiger charge is -2.11. The van der Waals surface area contributed by atoms with Crippen molar-refractivity contribution in [1.82, 2.24) is 9.97 Å². The normalized spacial score (nSPS) is 10.3. The third-order valence-corrected chi connectivity index (χ3v) is 2.99. The van der Waals surface area contributed by atoms with E-state index in [-0.39, 0.29) is 5.75 Å². The van der Waals surface area contributed by atoms with Gasteiger partial charge in [0.25, 0.3) is 0 Å². The van der Waals surface area contributed by atoms with Gasteiger partial charge in [0.15, 0.2) is 11.6 Å². The van der Waals surface area contributed by atoms with Crippen molar-refractivity contribution in [3.63, 3.8) is 0 Å². The second kappa shape index (κ2) is 5.84. The van der Waals surface area contributed by atoms with Gasteiger partial charge in [-0.15, -0.1) is 0 Å². The van der Waals surface area contributed by atoms with Gasteiger partial charge in [-0.2, -0.15) is 0 Å². The molecule has 1 aromatic heterocycles. The molecule has 0 spiro atoms. The Kier molecular flexibility index (Phi) is 4.16. The van der Waals surface area contributed by atoms with E-state index in [0.717, 1.165) is 5.56 Å². The van der Waals surface area contributed by atoms with Crippen LogP contribution in [-0.4, -0.2) is 17.1 Å². The molecule has 0 radical (unpaired) electrons. The fourth-order valence-corrected chi connectivity index (χ4v) is 1.96. The van der Waals surface area contributed by atoms with Crippen LogP contribution in [0.4, 0.5) is 15.9 Å². The van der Waals surface area contributed by atoms with Crippen molar-refractivity contribution in [2.24, 2.45) is 0 Å². The van der Waals surface area contributed by atoms with Gasteiger partial charge in [-0.3, -0.25) is 0 Å². The standard InChI is InChI=1S/C13H13ClFN3O/c1-3-9-12(14)16-7-17-13(9)18-8-4-5-11(19-2)10(15)6-8/h4-7H,3H2,1-2H3,(H,16,17,18). The van der Waals surface area contributed by atoms with Crippen LogP contribution in [0.2, 0.25) is 5.15 Å². The van der Waals surface area contributed by atoms with E-state index in [1.165, 1.54) is 19.5 Å². The van der Waals surface area contributed by atoms with Crippen LogP contribution in [0.15, 0.2) is 24.5 Å². The quantitative estimate of drug-likeness (QED) is 0.870. The minimum absolute atomic E-state index is 0.196. The highest BCUT2D eigenvalue weighted by Crippen LogP contribution is 2.26. The van der Waals surface area contributed by atoms with Crippen LogP contribution in [0.5, 0.6) is 5.75 Å². The van der Waals surface area contributed by atoms with E-state index in [1.54, 1.807) is 12.1 Å². The predicted molar refractivity (Wildman–Crippen MR) is 72.7 cm³/mol. The third-order valence-electron chi connectivity index (χ3n) is 2.66. The van der Waals surface area contributed by atoms with Gasteiger partial charge in [-0.05, 0) is 18.6 Å². The Hall–Kier alpha value is -1.88. The van der Waals surface area contributed by atoms with Crippen LogP contribution < -0.4 is 10.1 Å². The largest absolute Gasteiger partial charge is 0.494 e. The molecule has 0 fully saturated rings. The number of anilines is 2. The molecule has 0 aliphatic carbocycles. The zero-order valence-corrected chi connectivity index (χ0v) is 11.3. The van der Waals surface area contributed by atoms with Crippen LogP contribution in [-0.2, 0) is 6.42 Å². The molecule has 2 aromatic rings. The summed E-state index contributed by atoms with van der Waals surface area (Å²) in [6.07, 6.45) is 2.05. The van der Waals surface area contributed by atoms with Gasteiger partial charge in [-0.25, -0.2) is 14.4 Å². The molecule has 0 unspecified atom stereocenters. The summed E-state index contributed by atoms with van der Waals surface area (Å²) in [6, 6.07) is 4.59. The highest BCUT2D eigenvalue weighted by molar-refractivity contribution is 6.30. The van der Waals surface area contributed by atoms with E-state index in [4.69, 9.17) is 16.3 Å². The van der Waals surface area contributed by atoms with E-state index < -0.39 is 5.82 Å². The molecule has 0 aliphatic rings. The maximum Gasteiger partial charge on any atom is 0.167 e. The predicted octanol–water partition coefficient (Wildman–Crippen LogP) is 3.58. The molecule has 0 aliphatic heterocycles. The molecule has 1 aromatic carbocycles. The summed E-state index contributed by atoms with van der Waals surface area (Å²) in [4.78, 5) is 8.03. The molecular weight excluding hydrogens is 269 g/mol. The first-order valence-corrected chi connectivity index (χ1v) is 6.13. The zero-order chi connectivity index (χ0) is 13.8. The Morgan fingerprint density at radius 2 is 2.16 bits per heavy atom. The fourth-order valence-electron chi connectivity index (χ4n) is 1.69. The second-order valence-electron chi connectivity index (χ2n) is 3.82. The first-order chi connectivity index (χ1) is 9.15. The van der Waals surface area contributed by atoms with Crippen molar-refractivity contribution < 1.29 is 9.13 Å². The van der Waals surface area contributed by atoms with E-state index >= 15 is 0 Å². The molecule has 0 saturated carbocycles. The van der Waals surface area contributed by atoms with Crippen molar-refractivity contribution in [3.05, 3.63) is 41.1 Å². The SMILES string of the molecule is CCc1c(Cl)ncnc1Nc1ccc(OC)c(F)c1. The molecule has 0 saturated heterocycles. The molecule has 1 heterocycles. The maximum atomic E-state index is 13.6. The Bertz CT molecular complexity index is 592. The fraction of sp³-hybridized carbons (Fsp3) is 0.231. The van der Waals surface area contributed by atoms with Crippen LogP contribution >= 0.6 is 11.6 Å². The summed E-state index contributed by atoms with van der Waals surface area (Å²) in [7, 11) is 1.42. The summed E-state index contributed by atoms with van der Waals surface area (Å²) < 4.78 is 18.5. The molecule has 2 rings (SSSR count). The minimum atomic E-state index is -0.439. The summed E-state index contributed by atoms with van der Waals surface area (Å²) >= 11 is 5.99. The molecule has 19 heavy (non-hydrogen) atoms. The van der Waals surface area contributed by atoms with Gasteiger partial charge in [-0.1, -0.05) is 18.5 Å². The average molecular weight is 282 g/mol. The number of benzene rings is 1. The summed E-state index contributed by atoms with van der Waals surface area (Å²) in [5.74, 6) is 0.333. The zero-order valence-electron chi connectivity index (χ0n) is 10.6. The molecule has 100 valence electrons. The Balaban J connectivity index is 2.31. The molecule has 4 nitrogen and oxygen atoms in total. The van der Waals surface area contributed by atoms with E-state index in [9.17, 15) is 4.39 Å². The Labute approximate surface area is 115 Å². The highest BCUT2D eigenvalue weighted by Gasteiger charge is 2.09. The van der Waals surface area contributed by atoms with Crippen LogP contribution in [0.1, 0.15) is 12.5 Å². The lowest BCUT2D eigenvalue weighted by molar-refractivity contribution is 0.386. The number of hydrogen-bond acceptors (Lipinski definition) is 4. The summed E-state index contributed by atoms with van der Waals surface area (Å²) in [5.41, 5.74) is 1.36. The monoisotopic (exact) mass is 281 g/mol. The lowest BCUT2D eigenvalue weighted by Crippen LogP contribution is -2.01. The van der Waals surface area contributed by atoms with Crippen molar-refractivity contribution in [3.8, 4) is 5.75 Å². The van der Waals surface area contributed by atoms with Gasteiger partial charge >= 0.3 is 0 Å². The number of methoxy groups -OCH3 is 1. The van der Waals surface area contributed by atoms with Gasteiger partial charge in [0.1, 0.15) is 17.3 Å². The highest BCUT2D eigenvalue weighted by atomic mass is 35.5. The maximum absolute atomic E-state index is 13.6. The van der Waals surface area contributed by atoms with Gasteiger partial charge in [0.2, 0.25) is 0 Å². The van der Waals surface area contributed by atoms with Gasteiger partial charge in [0, 0.05) is 17.3 Å². The van der Waals surface area contributed by atoms with E-state index in [0.29, 0.717) is 23.1 Å². The van der Waals surface area contributed by atoms with Crippen LogP contribution in [0, 0.1) is 5.82 Å². The lowest BCUT2D eigenvalue weighted by atomic mass is 10.2. The summed E-state index contributed by atoms with van der Waals surface area (Å²) in [5, 5.41) is 3.42. The average Bonchev–Trinajstić information content (AvgIpc) is 2.39. The number of hydrogen-bond donors (Lipinski definition) is 1. The minimum Gasteiger partial charge on any atom is -0.494 e. The van der Waals surface area contributed by atoms with Crippen molar-refractivity contribution >= 4 is 23.1 Å². The number of aromatic nitrogens is 2. The number of nitrogens with one attached hydrogen (secondary N) is 1. The van der Waals surface area contributed by atoms with Crippen molar-refractivity contribution in [2.75, 3.05) is 12.4 Å². The Morgan fingerprint density at radius 3 is 2.79 bits per heavy atom. The van der Waals surface area contributed by atoms with E-state index in [2.05, 4.69) is 15.3 Å². The number of rotatable bonds is 4. The Morgan fingerprint density at radius 1 is 1.37 bits per heavy atom. The van der Waals surface area contributed by atoms with Crippen molar-refractivity contribution in [1.29, 1.82) is 0 Å². The molecule has 0 atom stereocenters. The number of halogens is 2. The van der Waals surface area contributed by atoms with Crippen molar-refractivity contribution in [2.45, 2.75) is 13.3 Å². The van der Waals surface area contributed by atoms with Gasteiger partial charge in [0.05, 0.1) is 7.11 Å². The first kappa shape index (κ1) is 13.5. The molecular formula is C13H13ClFN3O. The molecule has 0 bridgehead atoms. The smallest absolute Gasteiger partial charge is 0.167 e. The van der Waals surface area contributed by atoms with Crippen LogP contribution in [0.3, 0.4) is 0 Å². The number of nitrogens with zero attached hydrogens (tertiary/aromatic N) is 2. The third kappa shape index (κ3) is 2.93. The molecule has 0 amide bonds. The first-order valence-electron chi connectivity index (χ1n) is 5.75. The topological polar surface area (TPSA) is 47.0 Å².